The molecule has 0 aromatic heterocycles. The van der Waals surface area contributed by atoms with Gasteiger partial charge in [0, 0.05) is 6.42 Å². The molecule has 18 heavy (non-hydrogen) atoms. The molecular weight excluding hydrogens is 220 g/mol. The Balaban J connectivity index is 2.14. The van der Waals surface area contributed by atoms with Crippen molar-refractivity contribution in [3.05, 3.63) is 34.9 Å². The van der Waals surface area contributed by atoms with Crippen molar-refractivity contribution >= 4 is 0 Å². The van der Waals surface area contributed by atoms with Crippen LogP contribution in [0.15, 0.2) is 18.2 Å². The van der Waals surface area contributed by atoms with E-state index in [2.05, 4.69) is 45.9 Å². The molecule has 0 saturated heterocycles. The summed E-state index contributed by atoms with van der Waals surface area (Å²) in [6.45, 7) is 8.92. The number of benzene rings is 1. The number of hydrogen-bond donors (Lipinski definition) is 1. The van der Waals surface area contributed by atoms with Gasteiger partial charge < -0.3 is 5.11 Å². The molecule has 1 heteroatoms. The van der Waals surface area contributed by atoms with Gasteiger partial charge in [-0.3, -0.25) is 0 Å². The van der Waals surface area contributed by atoms with Gasteiger partial charge in [0.05, 0.1) is 5.60 Å². The van der Waals surface area contributed by atoms with Gasteiger partial charge in [-0.05, 0) is 61.6 Å². The van der Waals surface area contributed by atoms with E-state index < -0.39 is 5.60 Å². The summed E-state index contributed by atoms with van der Waals surface area (Å²) in [6.07, 6.45) is 4.96. The average molecular weight is 246 g/mol. The first kappa shape index (κ1) is 13.6. The second-order valence-corrected chi connectivity index (χ2v) is 6.94. The number of hydrogen-bond acceptors (Lipinski definition) is 1. The number of rotatable bonds is 2. The summed E-state index contributed by atoms with van der Waals surface area (Å²) < 4.78 is 0. The van der Waals surface area contributed by atoms with Gasteiger partial charge in [-0.15, -0.1) is 0 Å². The van der Waals surface area contributed by atoms with E-state index in [4.69, 9.17) is 0 Å². The molecule has 1 saturated carbocycles. The van der Waals surface area contributed by atoms with Gasteiger partial charge in [-0.25, -0.2) is 0 Å². The smallest absolute Gasteiger partial charge is 0.0688 e. The molecule has 1 nitrogen and oxygen atoms in total. The highest BCUT2D eigenvalue weighted by molar-refractivity contribution is 5.34. The molecule has 1 aromatic rings. The Hall–Kier alpha value is -0.820. The van der Waals surface area contributed by atoms with Crippen molar-refractivity contribution in [2.75, 3.05) is 0 Å². The van der Waals surface area contributed by atoms with Crippen molar-refractivity contribution < 1.29 is 5.11 Å². The van der Waals surface area contributed by atoms with E-state index in [9.17, 15) is 5.11 Å². The van der Waals surface area contributed by atoms with Gasteiger partial charge in [0.25, 0.3) is 0 Å². The van der Waals surface area contributed by atoms with Crippen molar-refractivity contribution in [3.8, 4) is 0 Å². The SMILES string of the molecule is Cc1cccc(C)c1CC1(O)CCC(C)(C)CC1. The van der Waals surface area contributed by atoms with E-state index >= 15 is 0 Å². The Kier molecular flexibility index (Phi) is 3.55. The Bertz CT molecular complexity index is 401. The first-order valence-electron chi connectivity index (χ1n) is 7.09. The summed E-state index contributed by atoms with van der Waals surface area (Å²) in [7, 11) is 0. The topological polar surface area (TPSA) is 20.2 Å². The monoisotopic (exact) mass is 246 g/mol. The first-order chi connectivity index (χ1) is 8.31. The van der Waals surface area contributed by atoms with Crippen LogP contribution < -0.4 is 0 Å². The van der Waals surface area contributed by atoms with Gasteiger partial charge in [0.2, 0.25) is 0 Å². The van der Waals surface area contributed by atoms with E-state index in [1.165, 1.54) is 16.7 Å². The molecule has 0 aliphatic heterocycles. The quantitative estimate of drug-likeness (QED) is 0.830. The minimum Gasteiger partial charge on any atom is -0.390 e. The summed E-state index contributed by atoms with van der Waals surface area (Å²) in [5.41, 5.74) is 3.90. The molecule has 0 unspecified atom stereocenters. The predicted molar refractivity (Wildman–Crippen MR) is 76.8 cm³/mol. The molecular formula is C17H26O. The van der Waals surface area contributed by atoms with Crippen molar-refractivity contribution in [3.63, 3.8) is 0 Å². The summed E-state index contributed by atoms with van der Waals surface area (Å²) in [5.74, 6) is 0. The molecule has 1 N–H and O–H groups in total. The summed E-state index contributed by atoms with van der Waals surface area (Å²) >= 11 is 0. The van der Waals surface area contributed by atoms with Gasteiger partial charge in [-0.1, -0.05) is 32.0 Å². The minimum atomic E-state index is -0.480. The van der Waals surface area contributed by atoms with Crippen molar-refractivity contribution in [2.24, 2.45) is 5.41 Å². The maximum absolute atomic E-state index is 10.8. The Morgan fingerprint density at radius 2 is 1.50 bits per heavy atom. The highest BCUT2D eigenvalue weighted by Crippen LogP contribution is 2.42. The lowest BCUT2D eigenvalue weighted by molar-refractivity contribution is -0.0253. The standard InChI is InChI=1S/C17H26O/c1-13-6-5-7-14(2)15(13)12-17(18)10-8-16(3,4)9-11-17/h5-7,18H,8-12H2,1-4H3. The van der Waals surface area contributed by atoms with Crippen LogP contribution in [-0.2, 0) is 6.42 Å². The molecule has 100 valence electrons. The van der Waals surface area contributed by atoms with Crippen LogP contribution in [0.25, 0.3) is 0 Å². The third-order valence-corrected chi connectivity index (χ3v) is 4.68. The predicted octanol–water partition coefficient (Wildman–Crippen LogP) is 4.18. The molecule has 1 aliphatic rings. The molecule has 1 aliphatic carbocycles. The van der Waals surface area contributed by atoms with E-state index in [1.807, 2.05) is 0 Å². The number of aliphatic hydroxyl groups is 1. The van der Waals surface area contributed by atoms with Crippen LogP contribution in [0, 0.1) is 19.3 Å². The Morgan fingerprint density at radius 3 is 2.00 bits per heavy atom. The molecule has 0 atom stereocenters. The molecule has 0 radical (unpaired) electrons. The maximum Gasteiger partial charge on any atom is 0.0688 e. The molecule has 2 rings (SSSR count). The third-order valence-electron chi connectivity index (χ3n) is 4.68. The second kappa shape index (κ2) is 4.70. The summed E-state index contributed by atoms with van der Waals surface area (Å²) in [5, 5.41) is 10.8. The van der Waals surface area contributed by atoms with E-state index in [-0.39, 0.29) is 0 Å². The van der Waals surface area contributed by atoms with Crippen molar-refractivity contribution in [2.45, 2.75) is 65.4 Å². The van der Waals surface area contributed by atoms with E-state index in [0.29, 0.717) is 5.41 Å². The molecule has 0 amide bonds. The van der Waals surface area contributed by atoms with Gasteiger partial charge in [-0.2, -0.15) is 0 Å². The maximum atomic E-state index is 10.8. The zero-order valence-electron chi connectivity index (χ0n) is 12.2. The van der Waals surface area contributed by atoms with Gasteiger partial charge >= 0.3 is 0 Å². The van der Waals surface area contributed by atoms with E-state index in [0.717, 1.165) is 32.1 Å². The number of aryl methyl sites for hydroxylation is 2. The van der Waals surface area contributed by atoms with Crippen LogP contribution >= 0.6 is 0 Å². The van der Waals surface area contributed by atoms with Gasteiger partial charge in [0.1, 0.15) is 0 Å². The highest BCUT2D eigenvalue weighted by atomic mass is 16.3. The minimum absolute atomic E-state index is 0.410. The fourth-order valence-electron chi connectivity index (χ4n) is 3.03. The van der Waals surface area contributed by atoms with Crippen LogP contribution in [0.3, 0.4) is 0 Å². The summed E-state index contributed by atoms with van der Waals surface area (Å²) in [4.78, 5) is 0. The van der Waals surface area contributed by atoms with E-state index in [1.54, 1.807) is 0 Å². The lowest BCUT2D eigenvalue weighted by Crippen LogP contribution is -2.39. The lowest BCUT2D eigenvalue weighted by Gasteiger charge is -2.40. The fourth-order valence-corrected chi connectivity index (χ4v) is 3.03. The molecule has 0 spiro atoms. The Morgan fingerprint density at radius 1 is 1.00 bits per heavy atom. The third kappa shape index (κ3) is 2.95. The first-order valence-corrected chi connectivity index (χ1v) is 7.09. The lowest BCUT2D eigenvalue weighted by atomic mass is 9.69. The largest absolute Gasteiger partial charge is 0.390 e. The molecule has 0 bridgehead atoms. The molecule has 0 heterocycles. The summed E-state index contributed by atoms with van der Waals surface area (Å²) in [6, 6.07) is 6.40. The van der Waals surface area contributed by atoms with Crippen molar-refractivity contribution in [1.82, 2.24) is 0 Å². The van der Waals surface area contributed by atoms with Crippen LogP contribution in [0.5, 0.6) is 0 Å². The van der Waals surface area contributed by atoms with Crippen molar-refractivity contribution in [1.29, 1.82) is 0 Å². The van der Waals surface area contributed by atoms with Crippen LogP contribution in [-0.4, -0.2) is 10.7 Å². The van der Waals surface area contributed by atoms with Crippen LogP contribution in [0.1, 0.15) is 56.2 Å². The zero-order valence-corrected chi connectivity index (χ0v) is 12.2. The fraction of sp³-hybridized carbons (Fsp3) is 0.647. The molecule has 1 aromatic carbocycles. The van der Waals surface area contributed by atoms with Gasteiger partial charge in [0.15, 0.2) is 0 Å². The highest BCUT2D eigenvalue weighted by Gasteiger charge is 2.37. The zero-order chi connectivity index (χ0) is 13.4. The normalized spacial score (nSPS) is 21.8. The second-order valence-electron chi connectivity index (χ2n) is 6.94. The Labute approximate surface area is 111 Å². The van der Waals surface area contributed by atoms with Crippen LogP contribution in [0.4, 0.5) is 0 Å². The van der Waals surface area contributed by atoms with Crippen LogP contribution in [0.2, 0.25) is 0 Å². The average Bonchev–Trinajstić information content (AvgIpc) is 2.29. The molecule has 1 fully saturated rings.